The summed E-state index contributed by atoms with van der Waals surface area (Å²) in [4.78, 5) is 0. The second kappa shape index (κ2) is 4.06. The molecule has 0 radical (unpaired) electrons. The minimum absolute atomic E-state index is 0.482. The first-order valence-corrected chi connectivity index (χ1v) is 5.51. The monoisotopic (exact) mass is 266 g/mol. The molecule has 0 spiro atoms. The van der Waals surface area contributed by atoms with E-state index in [-0.39, 0.29) is 0 Å². The van der Waals surface area contributed by atoms with Crippen LogP contribution in [0.5, 0.6) is 0 Å². The molecule has 4 heteroatoms. The molecule has 0 fully saturated rings. The second-order valence-corrected chi connectivity index (χ2v) is 4.15. The summed E-state index contributed by atoms with van der Waals surface area (Å²) < 4.78 is 6.26. The summed E-state index contributed by atoms with van der Waals surface area (Å²) in [6.07, 6.45) is 0.820. The Labute approximate surface area is 96.4 Å². The number of nitrogen functional groups attached to an aromatic ring is 1. The lowest BCUT2D eigenvalue weighted by Gasteiger charge is -1.99. The highest BCUT2D eigenvalue weighted by Crippen LogP contribution is 2.28. The molecule has 0 saturated heterocycles. The number of benzene rings is 1. The maximum absolute atomic E-state index is 5.71. The maximum Gasteiger partial charge on any atom is 0.172 e. The summed E-state index contributed by atoms with van der Waals surface area (Å²) >= 11 is 3.39. The number of rotatable bonds is 2. The van der Waals surface area contributed by atoms with Gasteiger partial charge in [-0.05, 0) is 18.6 Å². The van der Waals surface area contributed by atoms with Gasteiger partial charge < -0.3 is 10.3 Å². The zero-order valence-corrected chi connectivity index (χ0v) is 9.91. The molecule has 2 N–H and O–H groups in total. The Bertz CT molecular complexity index is 462. The van der Waals surface area contributed by atoms with E-state index in [1.165, 1.54) is 0 Å². The van der Waals surface area contributed by atoms with E-state index in [9.17, 15) is 0 Å². The highest BCUT2D eigenvalue weighted by Gasteiger charge is 2.13. The van der Waals surface area contributed by atoms with Gasteiger partial charge in [0.15, 0.2) is 11.6 Å². The summed E-state index contributed by atoms with van der Waals surface area (Å²) in [6, 6.07) is 7.88. The van der Waals surface area contributed by atoms with E-state index in [2.05, 4.69) is 21.1 Å². The van der Waals surface area contributed by atoms with Crippen molar-refractivity contribution in [1.29, 1.82) is 0 Å². The summed E-state index contributed by atoms with van der Waals surface area (Å²) in [5, 5.41) is 3.78. The number of hydrogen-bond acceptors (Lipinski definition) is 3. The molecule has 2 rings (SSSR count). The molecular weight excluding hydrogens is 256 g/mol. The molecule has 0 aliphatic carbocycles. The van der Waals surface area contributed by atoms with E-state index in [1.54, 1.807) is 0 Å². The van der Waals surface area contributed by atoms with Gasteiger partial charge in [-0.15, -0.1) is 0 Å². The highest BCUT2D eigenvalue weighted by atomic mass is 79.9. The van der Waals surface area contributed by atoms with Crippen LogP contribution in [0, 0.1) is 0 Å². The van der Waals surface area contributed by atoms with Gasteiger partial charge in [-0.1, -0.05) is 40.1 Å². The van der Waals surface area contributed by atoms with Crippen LogP contribution < -0.4 is 5.73 Å². The molecule has 1 aromatic heterocycles. The fourth-order valence-electron chi connectivity index (χ4n) is 1.49. The predicted molar refractivity (Wildman–Crippen MR) is 63.4 cm³/mol. The zero-order chi connectivity index (χ0) is 10.8. The largest absolute Gasteiger partial charge is 0.381 e. The lowest BCUT2D eigenvalue weighted by molar-refractivity contribution is 0.435. The normalized spacial score (nSPS) is 10.5. The fourth-order valence-corrected chi connectivity index (χ4v) is 1.76. The number of nitrogens with two attached hydrogens (primary N) is 1. The van der Waals surface area contributed by atoms with Crippen LogP contribution in [0.1, 0.15) is 12.5 Å². The van der Waals surface area contributed by atoms with Crippen LogP contribution in [-0.4, -0.2) is 5.16 Å². The van der Waals surface area contributed by atoms with Crippen molar-refractivity contribution in [2.24, 2.45) is 0 Å². The molecule has 0 atom stereocenters. The van der Waals surface area contributed by atoms with Crippen LogP contribution in [0.4, 0.5) is 5.82 Å². The Hall–Kier alpha value is -1.29. The van der Waals surface area contributed by atoms with Crippen LogP contribution in [0.15, 0.2) is 33.3 Å². The van der Waals surface area contributed by atoms with Gasteiger partial charge in [-0.2, -0.15) is 0 Å². The summed E-state index contributed by atoms with van der Waals surface area (Å²) in [7, 11) is 0. The summed E-state index contributed by atoms with van der Waals surface area (Å²) in [5.41, 5.74) is 7.67. The van der Waals surface area contributed by atoms with Crippen molar-refractivity contribution in [3.8, 4) is 11.3 Å². The average Bonchev–Trinajstić information content (AvgIpc) is 2.61. The Morgan fingerprint density at radius 3 is 2.60 bits per heavy atom. The van der Waals surface area contributed by atoms with Crippen molar-refractivity contribution < 1.29 is 4.52 Å². The van der Waals surface area contributed by atoms with Crippen molar-refractivity contribution >= 4 is 21.7 Å². The smallest absolute Gasteiger partial charge is 0.172 e. The van der Waals surface area contributed by atoms with Gasteiger partial charge in [0.25, 0.3) is 0 Å². The molecule has 0 amide bonds. The van der Waals surface area contributed by atoms with E-state index < -0.39 is 0 Å². The predicted octanol–water partition coefficient (Wildman–Crippen LogP) is 3.25. The first-order valence-electron chi connectivity index (χ1n) is 4.72. The molecule has 15 heavy (non-hydrogen) atoms. The third kappa shape index (κ3) is 1.90. The van der Waals surface area contributed by atoms with E-state index in [4.69, 9.17) is 10.3 Å². The van der Waals surface area contributed by atoms with Crippen molar-refractivity contribution in [3.63, 3.8) is 0 Å². The molecule has 0 unspecified atom stereocenters. The van der Waals surface area contributed by atoms with Gasteiger partial charge in [0, 0.05) is 15.6 Å². The van der Waals surface area contributed by atoms with E-state index >= 15 is 0 Å². The van der Waals surface area contributed by atoms with E-state index in [1.807, 2.05) is 31.2 Å². The van der Waals surface area contributed by atoms with Crippen molar-refractivity contribution in [2.45, 2.75) is 13.3 Å². The fraction of sp³-hybridized carbons (Fsp3) is 0.182. The van der Waals surface area contributed by atoms with E-state index in [0.717, 1.165) is 27.8 Å². The molecule has 78 valence electrons. The zero-order valence-electron chi connectivity index (χ0n) is 8.33. The van der Waals surface area contributed by atoms with Crippen LogP contribution >= 0.6 is 15.9 Å². The lowest BCUT2D eigenvalue weighted by Crippen LogP contribution is -1.90. The molecule has 1 aromatic carbocycles. The third-order valence-corrected chi connectivity index (χ3v) is 2.81. The van der Waals surface area contributed by atoms with Crippen LogP contribution in [-0.2, 0) is 6.42 Å². The summed E-state index contributed by atoms with van der Waals surface area (Å²) in [6.45, 7) is 2.03. The van der Waals surface area contributed by atoms with E-state index in [0.29, 0.717) is 5.82 Å². The molecule has 3 nitrogen and oxygen atoms in total. The standard InChI is InChI=1S/C11H11BrN2O/c1-2-9-10(15-14-11(9)13)7-3-5-8(12)6-4-7/h3-6H,2H2,1H3,(H2,13,14). The SMILES string of the molecule is CCc1c(N)noc1-c1ccc(Br)cc1. The lowest BCUT2D eigenvalue weighted by atomic mass is 10.1. The maximum atomic E-state index is 5.71. The molecule has 2 aromatic rings. The van der Waals surface area contributed by atoms with Crippen molar-refractivity contribution in [1.82, 2.24) is 5.16 Å². The molecule has 0 saturated carbocycles. The minimum atomic E-state index is 0.482. The van der Waals surface area contributed by atoms with Gasteiger partial charge in [0.2, 0.25) is 0 Å². The Balaban J connectivity index is 2.49. The number of anilines is 1. The van der Waals surface area contributed by atoms with Crippen LogP contribution in [0.3, 0.4) is 0 Å². The quantitative estimate of drug-likeness (QED) is 0.908. The van der Waals surface area contributed by atoms with Gasteiger partial charge in [-0.3, -0.25) is 0 Å². The first kappa shape index (κ1) is 10.2. The Morgan fingerprint density at radius 1 is 1.33 bits per heavy atom. The Morgan fingerprint density at radius 2 is 2.00 bits per heavy atom. The van der Waals surface area contributed by atoms with Crippen LogP contribution in [0.2, 0.25) is 0 Å². The first-order chi connectivity index (χ1) is 7.22. The number of nitrogens with zero attached hydrogens (tertiary/aromatic N) is 1. The molecule has 0 aliphatic rings. The second-order valence-electron chi connectivity index (χ2n) is 3.24. The Kier molecular flexibility index (Phi) is 2.77. The van der Waals surface area contributed by atoms with Crippen molar-refractivity contribution in [2.75, 3.05) is 5.73 Å². The van der Waals surface area contributed by atoms with Crippen LogP contribution in [0.25, 0.3) is 11.3 Å². The number of halogens is 1. The third-order valence-electron chi connectivity index (χ3n) is 2.28. The molecule has 1 heterocycles. The topological polar surface area (TPSA) is 52.0 Å². The molecular formula is C11H11BrN2O. The van der Waals surface area contributed by atoms with Gasteiger partial charge >= 0.3 is 0 Å². The average molecular weight is 267 g/mol. The summed E-state index contributed by atoms with van der Waals surface area (Å²) in [5.74, 6) is 1.25. The molecule has 0 aliphatic heterocycles. The highest BCUT2D eigenvalue weighted by molar-refractivity contribution is 9.10. The minimum Gasteiger partial charge on any atom is -0.381 e. The van der Waals surface area contributed by atoms with Gasteiger partial charge in [0.1, 0.15) is 0 Å². The number of hydrogen-bond donors (Lipinski definition) is 1. The molecule has 0 bridgehead atoms. The van der Waals surface area contributed by atoms with Gasteiger partial charge in [-0.25, -0.2) is 0 Å². The van der Waals surface area contributed by atoms with Gasteiger partial charge in [0.05, 0.1) is 0 Å². The van der Waals surface area contributed by atoms with Crippen molar-refractivity contribution in [3.05, 3.63) is 34.3 Å². The number of aromatic nitrogens is 1.